The van der Waals surface area contributed by atoms with E-state index in [0.717, 1.165) is 19.3 Å². The molecule has 23 heavy (non-hydrogen) atoms. The molecular weight excluding hydrogens is 298 g/mol. The average molecular weight is 321 g/mol. The van der Waals surface area contributed by atoms with Crippen molar-refractivity contribution in [1.82, 2.24) is 4.90 Å². The molecule has 1 atom stereocenters. The van der Waals surface area contributed by atoms with E-state index in [1.54, 1.807) is 30.1 Å². The van der Waals surface area contributed by atoms with Crippen molar-refractivity contribution in [3.8, 4) is 0 Å². The van der Waals surface area contributed by atoms with Crippen molar-refractivity contribution in [2.45, 2.75) is 31.7 Å². The lowest BCUT2D eigenvalue weighted by Gasteiger charge is -2.36. The molecule has 7 nitrogen and oxygen atoms in total. The second kappa shape index (κ2) is 7.92. The molecule has 1 aliphatic rings. The summed E-state index contributed by atoms with van der Waals surface area (Å²) >= 11 is 0. The van der Waals surface area contributed by atoms with Gasteiger partial charge in [0.1, 0.15) is 5.69 Å². The zero-order valence-corrected chi connectivity index (χ0v) is 13.4. The number of likely N-dealkylation sites (tertiary alicyclic amines) is 1. The molecule has 0 bridgehead atoms. The lowest BCUT2D eigenvalue weighted by Crippen LogP contribution is -2.48. The molecule has 1 aromatic carbocycles. The maximum atomic E-state index is 12.6. The molecule has 7 heteroatoms. The van der Waals surface area contributed by atoms with Gasteiger partial charge in [0.05, 0.1) is 11.5 Å². The van der Waals surface area contributed by atoms with Gasteiger partial charge in [-0.05, 0) is 31.7 Å². The number of anilines is 1. The first kappa shape index (κ1) is 17.2. The van der Waals surface area contributed by atoms with Crippen LogP contribution in [-0.4, -0.2) is 53.6 Å². The van der Waals surface area contributed by atoms with Crippen molar-refractivity contribution in [1.29, 1.82) is 0 Å². The predicted molar refractivity (Wildman–Crippen MR) is 87.4 cm³/mol. The zero-order chi connectivity index (χ0) is 16.8. The highest BCUT2D eigenvalue weighted by Gasteiger charge is 2.27. The highest BCUT2D eigenvalue weighted by Crippen LogP contribution is 2.27. The van der Waals surface area contributed by atoms with Crippen LogP contribution in [0.5, 0.6) is 0 Å². The summed E-state index contributed by atoms with van der Waals surface area (Å²) in [7, 11) is 1.69. The van der Waals surface area contributed by atoms with E-state index in [2.05, 4.69) is 0 Å². The third kappa shape index (κ3) is 4.19. The summed E-state index contributed by atoms with van der Waals surface area (Å²) in [5, 5.41) is 20.3. The number of nitro benzene ring substituents is 1. The number of benzene rings is 1. The van der Waals surface area contributed by atoms with Crippen LogP contribution in [0.3, 0.4) is 0 Å². The lowest BCUT2D eigenvalue weighted by atomic mass is 9.99. The van der Waals surface area contributed by atoms with Crippen LogP contribution in [-0.2, 0) is 4.79 Å². The first-order chi connectivity index (χ1) is 11.0. The molecule has 1 saturated heterocycles. The van der Waals surface area contributed by atoms with Gasteiger partial charge in [-0.15, -0.1) is 0 Å². The minimum atomic E-state index is -0.439. The van der Waals surface area contributed by atoms with Gasteiger partial charge in [-0.1, -0.05) is 12.1 Å². The number of para-hydroxylation sites is 2. The number of nitrogens with zero attached hydrogens (tertiary/aromatic N) is 3. The van der Waals surface area contributed by atoms with Gasteiger partial charge in [0.2, 0.25) is 5.91 Å². The first-order valence-electron chi connectivity index (χ1n) is 7.89. The number of likely N-dealkylation sites (N-methyl/N-ethyl adjacent to an activating group) is 1. The van der Waals surface area contributed by atoms with Crippen LogP contribution >= 0.6 is 0 Å². The van der Waals surface area contributed by atoms with Crippen LogP contribution in [0.2, 0.25) is 0 Å². The maximum absolute atomic E-state index is 12.6. The van der Waals surface area contributed by atoms with E-state index in [1.165, 1.54) is 6.07 Å². The van der Waals surface area contributed by atoms with Crippen LogP contribution < -0.4 is 4.90 Å². The molecule has 1 aromatic rings. The van der Waals surface area contributed by atoms with Crippen LogP contribution in [0.4, 0.5) is 11.4 Å². The summed E-state index contributed by atoms with van der Waals surface area (Å²) in [4.78, 5) is 26.7. The third-order valence-electron chi connectivity index (χ3n) is 4.27. The quantitative estimate of drug-likeness (QED) is 0.637. The van der Waals surface area contributed by atoms with Crippen molar-refractivity contribution in [2.24, 2.45) is 0 Å². The Morgan fingerprint density at radius 3 is 2.87 bits per heavy atom. The molecule has 0 aliphatic carbocycles. The number of amides is 1. The summed E-state index contributed by atoms with van der Waals surface area (Å²) in [6.07, 6.45) is 3.51. The second-order valence-electron chi connectivity index (χ2n) is 5.85. The smallest absolute Gasteiger partial charge is 0.292 e. The summed E-state index contributed by atoms with van der Waals surface area (Å²) in [6.45, 7) is 0.843. The predicted octanol–water partition coefficient (Wildman–Crippen LogP) is 1.79. The second-order valence-corrected chi connectivity index (χ2v) is 5.85. The lowest BCUT2D eigenvalue weighted by molar-refractivity contribution is -0.384. The van der Waals surface area contributed by atoms with E-state index in [4.69, 9.17) is 5.11 Å². The number of carbonyl (C=O) groups is 1. The van der Waals surface area contributed by atoms with Crippen molar-refractivity contribution in [2.75, 3.05) is 31.6 Å². The Labute approximate surface area is 135 Å². The van der Waals surface area contributed by atoms with Gasteiger partial charge < -0.3 is 14.9 Å². The van der Waals surface area contributed by atoms with Gasteiger partial charge in [-0.25, -0.2) is 0 Å². The molecular formula is C16H23N3O4. The Morgan fingerprint density at radius 2 is 2.17 bits per heavy atom. The fourth-order valence-electron chi connectivity index (χ4n) is 3.10. The molecule has 1 amide bonds. The van der Waals surface area contributed by atoms with E-state index in [-0.39, 0.29) is 30.8 Å². The van der Waals surface area contributed by atoms with Crippen LogP contribution in [0.15, 0.2) is 24.3 Å². The number of rotatable bonds is 6. The molecule has 1 heterocycles. The molecule has 2 rings (SSSR count). The van der Waals surface area contributed by atoms with E-state index < -0.39 is 4.92 Å². The normalized spacial score (nSPS) is 17.8. The number of aliphatic hydroxyl groups is 1. The third-order valence-corrected chi connectivity index (χ3v) is 4.27. The number of aliphatic hydroxyl groups excluding tert-OH is 1. The van der Waals surface area contributed by atoms with E-state index >= 15 is 0 Å². The molecule has 1 N–H and O–H groups in total. The number of carbonyl (C=O) groups excluding carboxylic acids is 1. The fourth-order valence-corrected chi connectivity index (χ4v) is 3.10. The topological polar surface area (TPSA) is 86.9 Å². The van der Waals surface area contributed by atoms with Gasteiger partial charge in [-0.2, -0.15) is 0 Å². The highest BCUT2D eigenvalue weighted by atomic mass is 16.6. The van der Waals surface area contributed by atoms with Crippen LogP contribution in [0.25, 0.3) is 0 Å². The Morgan fingerprint density at radius 1 is 1.43 bits per heavy atom. The van der Waals surface area contributed by atoms with Gasteiger partial charge in [0, 0.05) is 32.3 Å². The number of hydrogen-bond donors (Lipinski definition) is 1. The van der Waals surface area contributed by atoms with Gasteiger partial charge in [0.15, 0.2) is 0 Å². The number of hydrogen-bond acceptors (Lipinski definition) is 5. The van der Waals surface area contributed by atoms with Crippen molar-refractivity contribution in [3.63, 3.8) is 0 Å². The molecule has 0 saturated carbocycles. The monoisotopic (exact) mass is 321 g/mol. The van der Waals surface area contributed by atoms with Crippen molar-refractivity contribution >= 4 is 17.3 Å². The molecule has 126 valence electrons. The maximum Gasteiger partial charge on any atom is 0.292 e. The standard InChI is InChI=1S/C16H23N3O4/c1-17(14-7-2-3-8-15(14)19(22)23)12-16(21)18-10-5-4-6-13(18)9-11-20/h2-3,7-8,13,20H,4-6,9-12H2,1H3. The summed E-state index contributed by atoms with van der Waals surface area (Å²) in [5.74, 6) is -0.0520. The van der Waals surface area contributed by atoms with Gasteiger partial charge >= 0.3 is 0 Å². The summed E-state index contributed by atoms with van der Waals surface area (Å²) in [6, 6.07) is 6.48. The first-order valence-corrected chi connectivity index (χ1v) is 7.89. The number of piperidine rings is 1. The molecule has 0 spiro atoms. The minimum absolute atomic E-state index is 0.00616. The Balaban J connectivity index is 2.08. The summed E-state index contributed by atoms with van der Waals surface area (Å²) < 4.78 is 0. The molecule has 0 radical (unpaired) electrons. The van der Waals surface area contributed by atoms with Gasteiger partial charge in [0.25, 0.3) is 5.69 Å². The summed E-state index contributed by atoms with van der Waals surface area (Å²) in [5.41, 5.74) is 0.426. The largest absolute Gasteiger partial charge is 0.396 e. The van der Waals surface area contributed by atoms with Crippen molar-refractivity contribution < 1.29 is 14.8 Å². The van der Waals surface area contributed by atoms with Gasteiger partial charge in [-0.3, -0.25) is 14.9 Å². The van der Waals surface area contributed by atoms with Crippen LogP contribution in [0.1, 0.15) is 25.7 Å². The Kier molecular flexibility index (Phi) is 5.92. The molecule has 1 fully saturated rings. The van der Waals surface area contributed by atoms with E-state index in [1.807, 2.05) is 4.90 Å². The number of nitro groups is 1. The molecule has 0 aromatic heterocycles. The zero-order valence-electron chi connectivity index (χ0n) is 13.4. The molecule has 1 unspecified atom stereocenters. The fraction of sp³-hybridized carbons (Fsp3) is 0.562. The SMILES string of the molecule is CN(CC(=O)N1CCCCC1CCO)c1ccccc1[N+](=O)[O-]. The van der Waals surface area contributed by atoms with E-state index in [0.29, 0.717) is 18.7 Å². The van der Waals surface area contributed by atoms with Crippen LogP contribution in [0, 0.1) is 10.1 Å². The average Bonchev–Trinajstić information content (AvgIpc) is 2.55. The Bertz CT molecular complexity index is 562. The highest BCUT2D eigenvalue weighted by molar-refractivity contribution is 5.82. The Hall–Kier alpha value is -2.15. The minimum Gasteiger partial charge on any atom is -0.396 e. The van der Waals surface area contributed by atoms with E-state index in [9.17, 15) is 14.9 Å². The molecule has 1 aliphatic heterocycles. The van der Waals surface area contributed by atoms with Crippen molar-refractivity contribution in [3.05, 3.63) is 34.4 Å².